The third-order valence-electron chi connectivity index (χ3n) is 4.93. The van der Waals surface area contributed by atoms with Gasteiger partial charge in [0.1, 0.15) is 18.0 Å². The molecule has 0 radical (unpaired) electrons. The number of nitrogens with zero attached hydrogens (tertiary/aromatic N) is 4. The molecule has 0 bridgehead atoms. The van der Waals surface area contributed by atoms with E-state index < -0.39 is 11.4 Å². The summed E-state index contributed by atoms with van der Waals surface area (Å²) in [6, 6.07) is 2.01. The number of carboxylic acid groups (broad SMARTS) is 1. The number of hydrogen-bond acceptors (Lipinski definition) is 5. The lowest BCUT2D eigenvalue weighted by atomic mass is 9.90. The number of aromatic nitrogens is 2. The summed E-state index contributed by atoms with van der Waals surface area (Å²) in [5.74, 6) is 1.76. The maximum Gasteiger partial charge on any atom is 0.311 e. The van der Waals surface area contributed by atoms with Crippen molar-refractivity contribution in [2.45, 2.75) is 33.1 Å². The van der Waals surface area contributed by atoms with Crippen LogP contribution in [-0.4, -0.2) is 47.2 Å². The van der Waals surface area contributed by atoms with E-state index >= 15 is 0 Å². The zero-order valence-corrected chi connectivity index (χ0v) is 13.3. The van der Waals surface area contributed by atoms with E-state index in [1.807, 2.05) is 13.0 Å². The van der Waals surface area contributed by atoms with Crippen LogP contribution in [0.25, 0.3) is 0 Å². The van der Waals surface area contributed by atoms with E-state index in [-0.39, 0.29) is 0 Å². The van der Waals surface area contributed by atoms with Gasteiger partial charge < -0.3 is 14.9 Å². The van der Waals surface area contributed by atoms with Crippen LogP contribution >= 0.6 is 0 Å². The first kappa shape index (κ1) is 15.1. The summed E-state index contributed by atoms with van der Waals surface area (Å²) in [4.78, 5) is 24.5. The predicted octanol–water partition coefficient (Wildman–Crippen LogP) is 2.01. The molecule has 0 saturated carbocycles. The minimum atomic E-state index is -0.728. The van der Waals surface area contributed by atoms with Gasteiger partial charge in [0, 0.05) is 32.2 Å². The van der Waals surface area contributed by atoms with Gasteiger partial charge >= 0.3 is 5.97 Å². The third kappa shape index (κ3) is 2.87. The standard InChI is InChI=1S/C16H24N4O2/c1-12-4-3-6-19(9-12)13-8-14(18-11-17-13)20-7-5-16(2,10-20)15(21)22/h8,11-12H,3-7,9-10H2,1-2H3,(H,21,22). The highest BCUT2D eigenvalue weighted by atomic mass is 16.4. The molecule has 0 spiro atoms. The fourth-order valence-electron chi connectivity index (χ4n) is 3.41. The monoisotopic (exact) mass is 304 g/mol. The predicted molar refractivity (Wildman–Crippen MR) is 85.2 cm³/mol. The van der Waals surface area contributed by atoms with E-state index in [0.29, 0.717) is 18.9 Å². The van der Waals surface area contributed by atoms with Crippen molar-refractivity contribution in [2.75, 3.05) is 36.0 Å². The summed E-state index contributed by atoms with van der Waals surface area (Å²) in [5.41, 5.74) is -0.676. The average molecular weight is 304 g/mol. The van der Waals surface area contributed by atoms with Gasteiger partial charge in [-0.15, -0.1) is 0 Å². The van der Waals surface area contributed by atoms with E-state index in [1.54, 1.807) is 6.33 Å². The smallest absolute Gasteiger partial charge is 0.311 e. The van der Waals surface area contributed by atoms with Crippen LogP contribution in [0.3, 0.4) is 0 Å². The normalized spacial score (nSPS) is 28.9. The molecule has 0 aromatic carbocycles. The topological polar surface area (TPSA) is 69.6 Å². The summed E-state index contributed by atoms with van der Waals surface area (Å²) in [7, 11) is 0. The molecule has 2 saturated heterocycles. The number of piperidine rings is 1. The molecule has 6 nitrogen and oxygen atoms in total. The van der Waals surface area contributed by atoms with Gasteiger partial charge in [0.15, 0.2) is 0 Å². The Hall–Kier alpha value is -1.85. The Labute approximate surface area is 131 Å². The third-order valence-corrected chi connectivity index (χ3v) is 4.93. The van der Waals surface area contributed by atoms with Gasteiger partial charge in [-0.05, 0) is 32.1 Å². The first-order chi connectivity index (χ1) is 10.5. The second-order valence-electron chi connectivity index (χ2n) is 6.97. The molecule has 22 heavy (non-hydrogen) atoms. The zero-order chi connectivity index (χ0) is 15.7. The Morgan fingerprint density at radius 1 is 1.32 bits per heavy atom. The largest absolute Gasteiger partial charge is 0.481 e. The van der Waals surface area contributed by atoms with Gasteiger partial charge in [-0.25, -0.2) is 9.97 Å². The van der Waals surface area contributed by atoms with Crippen LogP contribution in [0.1, 0.15) is 33.1 Å². The summed E-state index contributed by atoms with van der Waals surface area (Å²) < 4.78 is 0. The first-order valence-electron chi connectivity index (χ1n) is 8.03. The highest BCUT2D eigenvalue weighted by molar-refractivity contribution is 5.76. The highest BCUT2D eigenvalue weighted by Gasteiger charge is 2.41. The molecule has 1 aromatic heterocycles. The molecule has 0 amide bonds. The number of aliphatic carboxylic acids is 1. The van der Waals surface area contributed by atoms with Gasteiger partial charge in [-0.1, -0.05) is 6.92 Å². The Morgan fingerprint density at radius 3 is 2.68 bits per heavy atom. The van der Waals surface area contributed by atoms with Gasteiger partial charge in [-0.3, -0.25) is 4.79 Å². The lowest BCUT2D eigenvalue weighted by molar-refractivity contribution is -0.146. The molecule has 3 heterocycles. The maximum absolute atomic E-state index is 11.4. The van der Waals surface area contributed by atoms with Crippen LogP contribution < -0.4 is 9.80 Å². The maximum atomic E-state index is 11.4. The summed E-state index contributed by atoms with van der Waals surface area (Å²) in [6.45, 7) is 7.39. The molecule has 0 aliphatic carbocycles. The second-order valence-corrected chi connectivity index (χ2v) is 6.97. The summed E-state index contributed by atoms with van der Waals surface area (Å²) in [6.07, 6.45) is 4.72. The fraction of sp³-hybridized carbons (Fsp3) is 0.688. The lowest BCUT2D eigenvalue weighted by Gasteiger charge is -2.32. The van der Waals surface area contributed by atoms with Gasteiger partial charge in [0.05, 0.1) is 5.41 Å². The lowest BCUT2D eigenvalue weighted by Crippen LogP contribution is -2.35. The molecule has 1 aromatic rings. The van der Waals surface area contributed by atoms with Crippen molar-refractivity contribution in [3.8, 4) is 0 Å². The van der Waals surface area contributed by atoms with Crippen molar-refractivity contribution < 1.29 is 9.90 Å². The quantitative estimate of drug-likeness (QED) is 0.921. The number of carbonyl (C=O) groups is 1. The van der Waals surface area contributed by atoms with Crippen LogP contribution in [0.15, 0.2) is 12.4 Å². The number of carboxylic acids is 1. The van der Waals surface area contributed by atoms with Crippen LogP contribution in [-0.2, 0) is 4.79 Å². The first-order valence-corrected chi connectivity index (χ1v) is 8.03. The Morgan fingerprint density at radius 2 is 2.05 bits per heavy atom. The highest BCUT2D eigenvalue weighted by Crippen LogP contribution is 2.33. The SMILES string of the molecule is CC1CCCN(c2cc(N3CCC(C)(C(=O)O)C3)ncn2)C1. The van der Waals surface area contributed by atoms with Gasteiger partial charge in [0.25, 0.3) is 0 Å². The van der Waals surface area contributed by atoms with Gasteiger partial charge in [0.2, 0.25) is 0 Å². The average Bonchev–Trinajstić information content (AvgIpc) is 2.92. The molecule has 2 atom stereocenters. The molecule has 2 aliphatic rings. The molecule has 2 aliphatic heterocycles. The number of hydrogen-bond donors (Lipinski definition) is 1. The second kappa shape index (κ2) is 5.74. The number of rotatable bonds is 3. The van der Waals surface area contributed by atoms with Gasteiger partial charge in [-0.2, -0.15) is 0 Å². The Kier molecular flexibility index (Phi) is 3.93. The fourth-order valence-corrected chi connectivity index (χ4v) is 3.41. The van der Waals surface area contributed by atoms with E-state index in [2.05, 4.69) is 26.7 Å². The molecule has 6 heteroatoms. The van der Waals surface area contributed by atoms with E-state index in [1.165, 1.54) is 12.8 Å². The zero-order valence-electron chi connectivity index (χ0n) is 13.3. The van der Waals surface area contributed by atoms with Crippen molar-refractivity contribution in [2.24, 2.45) is 11.3 Å². The van der Waals surface area contributed by atoms with Crippen LogP contribution in [0.2, 0.25) is 0 Å². The van der Waals surface area contributed by atoms with Crippen LogP contribution in [0.4, 0.5) is 11.6 Å². The Bertz CT molecular complexity index is 565. The minimum absolute atomic E-state index is 0.509. The van der Waals surface area contributed by atoms with Crippen molar-refractivity contribution in [3.05, 3.63) is 12.4 Å². The van der Waals surface area contributed by atoms with Crippen LogP contribution in [0, 0.1) is 11.3 Å². The van der Waals surface area contributed by atoms with Crippen molar-refractivity contribution >= 4 is 17.6 Å². The number of anilines is 2. The molecule has 2 fully saturated rings. The molecule has 3 rings (SSSR count). The summed E-state index contributed by atoms with van der Waals surface area (Å²) >= 11 is 0. The Balaban J connectivity index is 1.76. The van der Waals surface area contributed by atoms with Crippen molar-refractivity contribution in [1.29, 1.82) is 0 Å². The van der Waals surface area contributed by atoms with Crippen molar-refractivity contribution in [3.63, 3.8) is 0 Å². The molecule has 1 N–H and O–H groups in total. The minimum Gasteiger partial charge on any atom is -0.481 e. The summed E-state index contributed by atoms with van der Waals surface area (Å²) in [5, 5.41) is 9.36. The van der Waals surface area contributed by atoms with Crippen LogP contribution in [0.5, 0.6) is 0 Å². The van der Waals surface area contributed by atoms with E-state index in [0.717, 1.165) is 31.3 Å². The van der Waals surface area contributed by atoms with E-state index in [4.69, 9.17) is 0 Å². The molecular weight excluding hydrogens is 280 g/mol. The molecular formula is C16H24N4O2. The van der Waals surface area contributed by atoms with E-state index in [9.17, 15) is 9.90 Å². The molecule has 120 valence electrons. The van der Waals surface area contributed by atoms with Crippen molar-refractivity contribution in [1.82, 2.24) is 9.97 Å². The molecule has 2 unspecified atom stereocenters.